The van der Waals surface area contributed by atoms with Crippen molar-refractivity contribution in [3.8, 4) is 0 Å². The highest BCUT2D eigenvalue weighted by Gasteiger charge is 2.24. The first-order chi connectivity index (χ1) is 10.1. The van der Waals surface area contributed by atoms with E-state index >= 15 is 0 Å². The number of amides is 1. The Morgan fingerprint density at radius 3 is 3.05 bits per heavy atom. The molecule has 5 nitrogen and oxygen atoms in total. The molecule has 2 atom stereocenters. The van der Waals surface area contributed by atoms with Gasteiger partial charge in [-0.2, -0.15) is 0 Å². The molecule has 2 rings (SSSR count). The van der Waals surface area contributed by atoms with Crippen LogP contribution in [0.5, 0.6) is 0 Å². The average molecular weight is 311 g/mol. The second-order valence-electron chi connectivity index (χ2n) is 5.77. The second-order valence-corrected chi connectivity index (χ2v) is 6.75. The number of hydrogen-bond acceptors (Lipinski definition) is 5. The molecule has 1 aromatic heterocycles. The van der Waals surface area contributed by atoms with E-state index in [1.807, 2.05) is 11.4 Å². The monoisotopic (exact) mass is 311 g/mol. The maximum Gasteiger partial charge on any atom is 0.234 e. The Bertz CT molecular complexity index is 436. The highest BCUT2D eigenvalue weighted by molar-refractivity contribution is 7.10. The normalized spacial score (nSPS) is 21.4. The van der Waals surface area contributed by atoms with Crippen LogP contribution < -0.4 is 11.1 Å². The van der Waals surface area contributed by atoms with Crippen LogP contribution in [0.2, 0.25) is 0 Å². The lowest BCUT2D eigenvalue weighted by Crippen LogP contribution is -2.49. The quantitative estimate of drug-likeness (QED) is 0.829. The largest absolute Gasteiger partial charge is 0.374 e. The number of hydrogen-bond donors (Lipinski definition) is 2. The third-order valence-corrected chi connectivity index (χ3v) is 4.64. The van der Waals surface area contributed by atoms with Crippen molar-refractivity contribution in [1.29, 1.82) is 0 Å². The molecular weight excluding hydrogens is 286 g/mol. The van der Waals surface area contributed by atoms with E-state index in [0.29, 0.717) is 25.6 Å². The van der Waals surface area contributed by atoms with Crippen molar-refractivity contribution in [3.63, 3.8) is 0 Å². The van der Waals surface area contributed by atoms with Gasteiger partial charge < -0.3 is 15.8 Å². The number of thiophene rings is 1. The molecule has 21 heavy (non-hydrogen) atoms. The van der Waals surface area contributed by atoms with E-state index in [0.717, 1.165) is 13.1 Å². The molecule has 0 radical (unpaired) electrons. The fourth-order valence-corrected chi connectivity index (χ4v) is 3.47. The van der Waals surface area contributed by atoms with Crippen LogP contribution in [0.4, 0.5) is 0 Å². The Labute approximate surface area is 130 Å². The van der Waals surface area contributed by atoms with E-state index in [9.17, 15) is 4.79 Å². The highest BCUT2D eigenvalue weighted by atomic mass is 32.1. The third kappa shape index (κ3) is 4.78. The molecule has 0 aliphatic carbocycles. The van der Waals surface area contributed by atoms with Gasteiger partial charge in [-0.25, -0.2) is 0 Å². The minimum absolute atomic E-state index is 0.0461. The van der Waals surface area contributed by atoms with Gasteiger partial charge in [-0.05, 0) is 17.4 Å². The first-order valence-electron chi connectivity index (χ1n) is 7.47. The van der Waals surface area contributed by atoms with E-state index in [1.54, 1.807) is 11.3 Å². The van der Waals surface area contributed by atoms with Crippen molar-refractivity contribution in [1.82, 2.24) is 10.2 Å². The smallest absolute Gasteiger partial charge is 0.234 e. The number of nitrogens with two attached hydrogens (primary N) is 1. The van der Waals surface area contributed by atoms with Gasteiger partial charge in [0, 0.05) is 24.5 Å². The molecule has 0 spiro atoms. The molecule has 1 aliphatic heterocycles. The summed E-state index contributed by atoms with van der Waals surface area (Å²) < 4.78 is 5.52. The van der Waals surface area contributed by atoms with Crippen LogP contribution in [0, 0.1) is 5.92 Å². The van der Waals surface area contributed by atoms with Crippen LogP contribution in [0.3, 0.4) is 0 Å². The third-order valence-electron chi connectivity index (χ3n) is 3.69. The van der Waals surface area contributed by atoms with Gasteiger partial charge in [0.05, 0.1) is 25.3 Å². The number of carbonyl (C=O) groups is 1. The SMILES string of the molecule is CC(C)C(NC(=O)CN1CCOC(CN)C1)c1cccs1. The molecule has 6 heteroatoms. The maximum absolute atomic E-state index is 12.3. The number of nitrogens with zero attached hydrogens (tertiary/aromatic N) is 1. The lowest BCUT2D eigenvalue weighted by atomic mass is 10.0. The number of ether oxygens (including phenoxy) is 1. The predicted octanol–water partition coefficient (Wildman–Crippen LogP) is 1.22. The Balaban J connectivity index is 1.88. The Morgan fingerprint density at radius 2 is 2.43 bits per heavy atom. The minimum atomic E-state index is 0.0461. The van der Waals surface area contributed by atoms with Crippen molar-refractivity contribution in [2.75, 3.05) is 32.8 Å². The predicted molar refractivity (Wildman–Crippen MR) is 85.3 cm³/mol. The molecule has 118 valence electrons. The van der Waals surface area contributed by atoms with Crippen LogP contribution >= 0.6 is 11.3 Å². The molecular formula is C15H25N3O2S. The van der Waals surface area contributed by atoms with Crippen molar-refractivity contribution in [2.45, 2.75) is 26.0 Å². The fourth-order valence-electron chi connectivity index (χ4n) is 2.52. The molecule has 2 heterocycles. The van der Waals surface area contributed by atoms with Gasteiger partial charge in [0.1, 0.15) is 0 Å². The Morgan fingerprint density at radius 1 is 1.62 bits per heavy atom. The van der Waals surface area contributed by atoms with Crippen LogP contribution in [0.25, 0.3) is 0 Å². The van der Waals surface area contributed by atoms with Gasteiger partial charge in [0.25, 0.3) is 0 Å². The van der Waals surface area contributed by atoms with E-state index in [1.165, 1.54) is 4.88 Å². The number of carbonyl (C=O) groups excluding carboxylic acids is 1. The molecule has 1 aromatic rings. The summed E-state index contributed by atoms with van der Waals surface area (Å²) in [4.78, 5) is 15.6. The zero-order chi connectivity index (χ0) is 15.2. The topological polar surface area (TPSA) is 67.6 Å². The summed E-state index contributed by atoms with van der Waals surface area (Å²) >= 11 is 1.69. The summed E-state index contributed by atoms with van der Waals surface area (Å²) in [6, 6.07) is 4.19. The van der Waals surface area contributed by atoms with E-state index in [2.05, 4.69) is 30.1 Å². The fraction of sp³-hybridized carbons (Fsp3) is 0.667. The van der Waals surface area contributed by atoms with E-state index < -0.39 is 0 Å². The molecule has 2 unspecified atom stereocenters. The molecule has 3 N–H and O–H groups in total. The average Bonchev–Trinajstić information content (AvgIpc) is 2.98. The second kappa shape index (κ2) is 7.89. The first kappa shape index (κ1) is 16.4. The van der Waals surface area contributed by atoms with Gasteiger partial charge in [-0.1, -0.05) is 19.9 Å². The molecule has 0 saturated carbocycles. The zero-order valence-corrected chi connectivity index (χ0v) is 13.6. The van der Waals surface area contributed by atoms with Crippen molar-refractivity contribution in [3.05, 3.63) is 22.4 Å². The first-order valence-corrected chi connectivity index (χ1v) is 8.35. The molecule has 1 amide bonds. The number of rotatable bonds is 6. The molecule has 1 aliphatic rings. The zero-order valence-electron chi connectivity index (χ0n) is 12.7. The van der Waals surface area contributed by atoms with Gasteiger partial charge in [-0.3, -0.25) is 9.69 Å². The standard InChI is InChI=1S/C15H25N3O2S/c1-11(2)15(13-4-3-7-21-13)17-14(19)10-18-5-6-20-12(8-16)9-18/h3-4,7,11-12,15H,5-6,8-10,16H2,1-2H3,(H,17,19). The van der Waals surface area contributed by atoms with Crippen molar-refractivity contribution in [2.24, 2.45) is 11.7 Å². The molecule has 1 saturated heterocycles. The van der Waals surface area contributed by atoms with E-state index in [4.69, 9.17) is 10.5 Å². The molecule has 0 aromatic carbocycles. The van der Waals surface area contributed by atoms with Crippen LogP contribution in [0.15, 0.2) is 17.5 Å². The maximum atomic E-state index is 12.3. The number of nitrogens with one attached hydrogen (secondary N) is 1. The Hall–Kier alpha value is -0.950. The van der Waals surface area contributed by atoms with Gasteiger partial charge in [-0.15, -0.1) is 11.3 Å². The summed E-state index contributed by atoms with van der Waals surface area (Å²) in [6.07, 6.45) is 0.0461. The molecule has 1 fully saturated rings. The van der Waals surface area contributed by atoms with Crippen LogP contribution in [-0.4, -0.2) is 49.7 Å². The summed E-state index contributed by atoms with van der Waals surface area (Å²) in [5.41, 5.74) is 5.63. The lowest BCUT2D eigenvalue weighted by molar-refractivity contribution is -0.125. The van der Waals surface area contributed by atoms with Gasteiger partial charge >= 0.3 is 0 Å². The van der Waals surface area contributed by atoms with Crippen LogP contribution in [-0.2, 0) is 9.53 Å². The molecule has 0 bridgehead atoms. The summed E-state index contributed by atoms with van der Waals surface area (Å²) in [5, 5.41) is 5.20. The highest BCUT2D eigenvalue weighted by Crippen LogP contribution is 2.25. The van der Waals surface area contributed by atoms with Crippen LogP contribution in [0.1, 0.15) is 24.8 Å². The summed E-state index contributed by atoms with van der Waals surface area (Å²) in [5.74, 6) is 0.439. The van der Waals surface area contributed by atoms with Crippen molar-refractivity contribution >= 4 is 17.2 Å². The Kier molecular flexibility index (Phi) is 6.17. The summed E-state index contributed by atoms with van der Waals surface area (Å²) in [6.45, 7) is 7.34. The van der Waals surface area contributed by atoms with Gasteiger partial charge in [0.15, 0.2) is 0 Å². The van der Waals surface area contributed by atoms with Gasteiger partial charge in [0.2, 0.25) is 5.91 Å². The summed E-state index contributed by atoms with van der Waals surface area (Å²) in [7, 11) is 0. The van der Waals surface area contributed by atoms with E-state index in [-0.39, 0.29) is 18.1 Å². The number of morpholine rings is 1. The minimum Gasteiger partial charge on any atom is -0.374 e. The lowest BCUT2D eigenvalue weighted by Gasteiger charge is -2.32. The van der Waals surface area contributed by atoms with Crippen molar-refractivity contribution < 1.29 is 9.53 Å².